The standard InChI is InChI=1S/C24H23F5N6O/c1-15(11-30)21-7-6-20(36-24(28)29)8-22(21)35(19-4-2-16(27)3-5-19)14-23-31-12-18(13-32-23)34-33-17(9-25)10-26/h2-8,12-13,15,17,24,33-34H,9-10,14H2,1H3. The Morgan fingerprint density at radius 1 is 1.06 bits per heavy atom. The minimum Gasteiger partial charge on any atom is -0.435 e. The molecule has 0 aliphatic heterocycles. The summed E-state index contributed by atoms with van der Waals surface area (Å²) in [6.45, 7) is -3.20. The monoisotopic (exact) mass is 506 g/mol. The van der Waals surface area contributed by atoms with E-state index in [0.717, 1.165) is 0 Å². The van der Waals surface area contributed by atoms with Crippen LogP contribution in [-0.2, 0) is 6.54 Å². The number of nitrogens with one attached hydrogen (secondary N) is 2. The number of halogens is 5. The first-order valence-corrected chi connectivity index (χ1v) is 10.8. The van der Waals surface area contributed by atoms with Crippen LogP contribution in [0.4, 0.5) is 39.0 Å². The smallest absolute Gasteiger partial charge is 0.387 e. The summed E-state index contributed by atoms with van der Waals surface area (Å²) in [5.74, 6) is -0.921. The maximum atomic E-state index is 13.6. The van der Waals surface area contributed by atoms with Gasteiger partial charge in [0.05, 0.1) is 42.7 Å². The zero-order chi connectivity index (χ0) is 26.1. The Balaban J connectivity index is 1.97. The van der Waals surface area contributed by atoms with Gasteiger partial charge in [-0.3, -0.25) is 0 Å². The number of ether oxygens (including phenoxy) is 1. The van der Waals surface area contributed by atoms with E-state index >= 15 is 0 Å². The third kappa shape index (κ3) is 7.02. The summed E-state index contributed by atoms with van der Waals surface area (Å²) < 4.78 is 69.3. The molecule has 36 heavy (non-hydrogen) atoms. The van der Waals surface area contributed by atoms with Crippen molar-refractivity contribution in [3.8, 4) is 11.8 Å². The third-order valence-corrected chi connectivity index (χ3v) is 5.11. The molecule has 0 radical (unpaired) electrons. The highest BCUT2D eigenvalue weighted by Crippen LogP contribution is 2.37. The minimum atomic E-state index is -3.05. The highest BCUT2D eigenvalue weighted by molar-refractivity contribution is 5.69. The molecule has 2 N–H and O–H groups in total. The van der Waals surface area contributed by atoms with Gasteiger partial charge in [0.1, 0.15) is 30.7 Å². The Morgan fingerprint density at radius 2 is 1.72 bits per heavy atom. The average molecular weight is 506 g/mol. The number of rotatable bonds is 12. The van der Waals surface area contributed by atoms with Gasteiger partial charge in [0.15, 0.2) is 0 Å². The second-order valence-corrected chi connectivity index (χ2v) is 7.68. The number of anilines is 3. The number of benzene rings is 2. The lowest BCUT2D eigenvalue weighted by atomic mass is 9.99. The van der Waals surface area contributed by atoms with E-state index in [1.807, 2.05) is 0 Å². The predicted octanol–water partition coefficient (Wildman–Crippen LogP) is 5.41. The first-order chi connectivity index (χ1) is 17.3. The molecule has 1 unspecified atom stereocenters. The van der Waals surface area contributed by atoms with Crippen LogP contribution in [0.15, 0.2) is 54.9 Å². The van der Waals surface area contributed by atoms with Crippen LogP contribution in [0.25, 0.3) is 0 Å². The van der Waals surface area contributed by atoms with E-state index in [1.54, 1.807) is 11.8 Å². The van der Waals surface area contributed by atoms with Crippen molar-refractivity contribution in [2.45, 2.75) is 32.0 Å². The van der Waals surface area contributed by atoms with Crippen molar-refractivity contribution in [3.05, 3.63) is 72.1 Å². The van der Waals surface area contributed by atoms with Gasteiger partial charge in [-0.15, -0.1) is 0 Å². The predicted molar refractivity (Wildman–Crippen MR) is 124 cm³/mol. The molecule has 2 aromatic carbocycles. The summed E-state index contributed by atoms with van der Waals surface area (Å²) in [7, 11) is 0. The number of nitrogens with zero attached hydrogens (tertiary/aromatic N) is 4. The van der Waals surface area contributed by atoms with Gasteiger partial charge in [0, 0.05) is 17.4 Å². The van der Waals surface area contributed by atoms with Gasteiger partial charge in [0.25, 0.3) is 0 Å². The number of aromatic nitrogens is 2. The molecular weight excluding hydrogens is 483 g/mol. The molecule has 0 aliphatic rings. The van der Waals surface area contributed by atoms with E-state index in [2.05, 4.69) is 31.6 Å². The van der Waals surface area contributed by atoms with Crippen LogP contribution in [-0.4, -0.2) is 36.0 Å². The van der Waals surface area contributed by atoms with Gasteiger partial charge in [-0.1, -0.05) is 6.07 Å². The molecule has 3 aromatic rings. The summed E-state index contributed by atoms with van der Waals surface area (Å²) in [5.41, 5.74) is 6.82. The normalized spacial score (nSPS) is 11.9. The molecule has 0 saturated heterocycles. The molecule has 0 fully saturated rings. The number of hydrazine groups is 1. The largest absolute Gasteiger partial charge is 0.435 e. The number of alkyl halides is 4. The molecule has 0 amide bonds. The van der Waals surface area contributed by atoms with Gasteiger partial charge in [0.2, 0.25) is 0 Å². The maximum Gasteiger partial charge on any atom is 0.387 e. The lowest BCUT2D eigenvalue weighted by Crippen LogP contribution is -2.37. The second-order valence-electron chi connectivity index (χ2n) is 7.68. The molecule has 1 heterocycles. The highest BCUT2D eigenvalue weighted by atomic mass is 19.3. The lowest BCUT2D eigenvalue weighted by Gasteiger charge is -2.28. The fourth-order valence-electron chi connectivity index (χ4n) is 3.25. The maximum absolute atomic E-state index is 13.6. The average Bonchev–Trinajstić information content (AvgIpc) is 2.88. The van der Waals surface area contributed by atoms with Crippen molar-refractivity contribution in [2.24, 2.45) is 0 Å². The molecule has 3 rings (SSSR count). The molecule has 12 heteroatoms. The van der Waals surface area contributed by atoms with Gasteiger partial charge in [-0.2, -0.15) is 14.0 Å². The summed E-state index contributed by atoms with van der Waals surface area (Å²) in [5, 5.41) is 9.51. The third-order valence-electron chi connectivity index (χ3n) is 5.11. The minimum absolute atomic E-state index is 0.0141. The quantitative estimate of drug-likeness (QED) is 0.251. The van der Waals surface area contributed by atoms with Gasteiger partial charge in [-0.25, -0.2) is 28.6 Å². The van der Waals surface area contributed by atoms with Crippen LogP contribution in [0, 0.1) is 17.1 Å². The van der Waals surface area contributed by atoms with Crippen molar-refractivity contribution in [1.29, 1.82) is 5.26 Å². The van der Waals surface area contributed by atoms with E-state index in [-0.39, 0.29) is 18.1 Å². The van der Waals surface area contributed by atoms with Crippen molar-refractivity contribution >= 4 is 17.1 Å². The van der Waals surface area contributed by atoms with E-state index < -0.39 is 37.7 Å². The number of hydrogen-bond acceptors (Lipinski definition) is 7. The van der Waals surface area contributed by atoms with Crippen LogP contribution in [0.1, 0.15) is 24.2 Å². The molecule has 0 spiro atoms. The van der Waals surface area contributed by atoms with Crippen molar-refractivity contribution in [1.82, 2.24) is 15.4 Å². The van der Waals surface area contributed by atoms with Gasteiger partial charge >= 0.3 is 6.61 Å². The topological polar surface area (TPSA) is 86.1 Å². The molecule has 0 saturated carbocycles. The first kappa shape index (κ1) is 26.6. The molecule has 1 aromatic heterocycles. The SMILES string of the molecule is CC(C#N)c1ccc(OC(F)F)cc1N(Cc1ncc(NNC(CF)CF)cn1)c1ccc(F)cc1. The summed E-state index contributed by atoms with van der Waals surface area (Å²) >= 11 is 0. The zero-order valence-corrected chi connectivity index (χ0v) is 19.1. The molecule has 1 atom stereocenters. The van der Waals surface area contributed by atoms with Crippen molar-refractivity contribution in [3.63, 3.8) is 0 Å². The summed E-state index contributed by atoms with van der Waals surface area (Å²) in [6, 6.07) is 10.8. The lowest BCUT2D eigenvalue weighted by molar-refractivity contribution is -0.0498. The highest BCUT2D eigenvalue weighted by Gasteiger charge is 2.21. The van der Waals surface area contributed by atoms with Crippen molar-refractivity contribution < 1.29 is 26.7 Å². The molecule has 0 aliphatic carbocycles. The van der Waals surface area contributed by atoms with Crippen LogP contribution in [0.3, 0.4) is 0 Å². The van der Waals surface area contributed by atoms with Crippen LogP contribution >= 0.6 is 0 Å². The second kappa shape index (κ2) is 12.6. The number of hydrogen-bond donors (Lipinski definition) is 2. The molecular formula is C24H23F5N6O. The van der Waals surface area contributed by atoms with E-state index in [0.29, 0.717) is 22.6 Å². The molecule has 0 bridgehead atoms. The Morgan fingerprint density at radius 3 is 2.31 bits per heavy atom. The fraction of sp³-hybridized carbons (Fsp3) is 0.292. The van der Waals surface area contributed by atoms with Crippen LogP contribution in [0.5, 0.6) is 5.75 Å². The van der Waals surface area contributed by atoms with Crippen molar-refractivity contribution in [2.75, 3.05) is 23.7 Å². The van der Waals surface area contributed by atoms with Gasteiger partial charge in [-0.05, 0) is 42.8 Å². The van der Waals surface area contributed by atoms with Crippen LogP contribution < -0.4 is 20.5 Å². The first-order valence-electron chi connectivity index (χ1n) is 10.8. The Labute approximate surface area is 204 Å². The van der Waals surface area contributed by atoms with E-state index in [1.165, 1.54) is 54.9 Å². The van der Waals surface area contributed by atoms with Crippen LogP contribution in [0.2, 0.25) is 0 Å². The summed E-state index contributed by atoms with van der Waals surface area (Å²) in [4.78, 5) is 10.1. The fourth-order valence-corrected chi connectivity index (χ4v) is 3.25. The summed E-state index contributed by atoms with van der Waals surface area (Å²) in [6.07, 6.45) is 2.78. The number of nitriles is 1. The Hall–Kier alpha value is -3.98. The molecule has 190 valence electrons. The Kier molecular flexibility index (Phi) is 9.35. The Bertz CT molecular complexity index is 1150. The zero-order valence-electron chi connectivity index (χ0n) is 19.1. The van der Waals surface area contributed by atoms with E-state index in [4.69, 9.17) is 0 Å². The van der Waals surface area contributed by atoms with E-state index in [9.17, 15) is 27.2 Å². The molecule has 7 nitrogen and oxygen atoms in total. The van der Waals surface area contributed by atoms with Gasteiger partial charge < -0.3 is 15.1 Å².